The van der Waals surface area contributed by atoms with Crippen molar-refractivity contribution >= 4 is 33.4 Å². The normalized spacial score (nSPS) is 11.9. The van der Waals surface area contributed by atoms with Gasteiger partial charge in [-0.3, -0.25) is 4.79 Å². The molecule has 17 heavy (non-hydrogen) atoms. The van der Waals surface area contributed by atoms with Gasteiger partial charge in [0.2, 0.25) is 0 Å². The minimum atomic E-state index is -0.525. The zero-order valence-electron chi connectivity index (χ0n) is 9.70. The van der Waals surface area contributed by atoms with Gasteiger partial charge in [0.1, 0.15) is 5.78 Å². The van der Waals surface area contributed by atoms with Crippen molar-refractivity contribution in [3.05, 3.63) is 29.3 Å². The lowest BCUT2D eigenvalue weighted by Gasteiger charge is -2.12. The van der Waals surface area contributed by atoms with Crippen LogP contribution in [0.25, 0.3) is 0 Å². The van der Waals surface area contributed by atoms with Gasteiger partial charge in [-0.25, -0.2) is 4.79 Å². The highest BCUT2D eigenvalue weighted by Crippen LogP contribution is 2.28. The van der Waals surface area contributed by atoms with E-state index in [1.54, 1.807) is 19.1 Å². The first-order valence-electron chi connectivity index (χ1n) is 5.18. The lowest BCUT2D eigenvalue weighted by Crippen LogP contribution is -2.12. The molecule has 0 aromatic heterocycles. The Hall–Kier alpha value is -1.36. The van der Waals surface area contributed by atoms with Crippen molar-refractivity contribution in [2.75, 3.05) is 12.3 Å². The third-order valence-corrected chi connectivity index (χ3v) is 3.34. The van der Waals surface area contributed by atoms with Crippen LogP contribution in [-0.2, 0) is 9.53 Å². The molecule has 1 aromatic rings. The second-order valence-electron chi connectivity index (χ2n) is 3.54. The summed E-state index contributed by atoms with van der Waals surface area (Å²) < 4.78 is 4.93. The Morgan fingerprint density at radius 3 is 2.65 bits per heavy atom. The molecule has 1 atom stereocenters. The van der Waals surface area contributed by atoms with Crippen LogP contribution in [0.15, 0.2) is 18.2 Å². The topological polar surface area (TPSA) is 69.4 Å². The first-order chi connectivity index (χ1) is 7.97. The Bertz CT molecular complexity index is 445. The molecule has 0 saturated carbocycles. The average Bonchev–Trinajstić information content (AvgIpc) is 2.28. The van der Waals surface area contributed by atoms with Crippen LogP contribution >= 0.6 is 15.9 Å². The zero-order chi connectivity index (χ0) is 13.0. The van der Waals surface area contributed by atoms with E-state index < -0.39 is 10.8 Å². The monoisotopic (exact) mass is 299 g/mol. The molecule has 2 N–H and O–H groups in total. The molecule has 5 heteroatoms. The highest BCUT2D eigenvalue weighted by Gasteiger charge is 2.21. The molecule has 1 rings (SSSR count). The Morgan fingerprint density at radius 2 is 2.12 bits per heavy atom. The second kappa shape index (κ2) is 5.82. The third kappa shape index (κ3) is 3.30. The number of Topliss-reactive ketones (excluding diaryl/α,β-unsaturated/α-hetero) is 1. The number of halogens is 1. The zero-order valence-corrected chi connectivity index (χ0v) is 11.3. The maximum atomic E-state index is 11.7. The molecular formula is C12H14BrNO3. The molecule has 0 saturated heterocycles. The number of carbonyl (C=O) groups excluding carboxylic acids is 2. The number of benzene rings is 1. The summed E-state index contributed by atoms with van der Waals surface area (Å²) in [6.45, 7) is 3.45. The van der Waals surface area contributed by atoms with Crippen molar-refractivity contribution in [2.45, 2.75) is 18.7 Å². The van der Waals surface area contributed by atoms with E-state index >= 15 is 0 Å². The number of rotatable bonds is 4. The quantitative estimate of drug-likeness (QED) is 0.527. The summed E-state index contributed by atoms with van der Waals surface area (Å²) in [5.41, 5.74) is 6.99. The Labute approximate surface area is 108 Å². The van der Waals surface area contributed by atoms with E-state index in [1.807, 2.05) is 0 Å². The second-order valence-corrected chi connectivity index (χ2v) is 4.46. The van der Waals surface area contributed by atoms with Gasteiger partial charge in [-0.15, -0.1) is 0 Å². The summed E-state index contributed by atoms with van der Waals surface area (Å²) in [6, 6.07) is 4.82. The van der Waals surface area contributed by atoms with Crippen LogP contribution < -0.4 is 5.73 Å². The van der Waals surface area contributed by atoms with E-state index in [1.165, 1.54) is 13.0 Å². The number of alkyl halides is 1. The SMILES string of the molecule is CCOC(=O)c1cc(N)ccc1C(Br)C(C)=O. The number of ether oxygens (including phenoxy) is 1. The molecule has 0 bridgehead atoms. The molecule has 0 heterocycles. The van der Waals surface area contributed by atoms with E-state index in [0.717, 1.165) is 0 Å². The number of esters is 1. The predicted octanol–water partition coefficient (Wildman–Crippen LogP) is 2.47. The molecule has 0 fully saturated rings. The van der Waals surface area contributed by atoms with Crippen LogP contribution in [0.1, 0.15) is 34.6 Å². The van der Waals surface area contributed by atoms with Gasteiger partial charge < -0.3 is 10.5 Å². The molecule has 0 spiro atoms. The molecule has 0 radical (unpaired) electrons. The van der Waals surface area contributed by atoms with E-state index in [2.05, 4.69) is 15.9 Å². The number of hydrogen-bond donors (Lipinski definition) is 1. The van der Waals surface area contributed by atoms with Crippen LogP contribution in [0.5, 0.6) is 0 Å². The Morgan fingerprint density at radius 1 is 1.47 bits per heavy atom. The number of nitrogen functional groups attached to an aromatic ring is 1. The summed E-state index contributed by atoms with van der Waals surface area (Å²) in [5.74, 6) is -0.555. The van der Waals surface area contributed by atoms with Gasteiger partial charge in [-0.05, 0) is 31.5 Å². The molecule has 92 valence electrons. The highest BCUT2D eigenvalue weighted by atomic mass is 79.9. The van der Waals surface area contributed by atoms with Gasteiger partial charge >= 0.3 is 5.97 Å². The standard InChI is InChI=1S/C12H14BrNO3/c1-3-17-12(16)10-6-8(14)4-5-9(10)11(13)7(2)15/h4-6,11H,3,14H2,1-2H3. The van der Waals surface area contributed by atoms with Crippen molar-refractivity contribution in [3.63, 3.8) is 0 Å². The fourth-order valence-corrected chi connectivity index (χ4v) is 1.80. The first kappa shape index (κ1) is 13.7. The lowest BCUT2D eigenvalue weighted by atomic mass is 10.0. The van der Waals surface area contributed by atoms with E-state index in [-0.39, 0.29) is 12.4 Å². The minimum Gasteiger partial charge on any atom is -0.462 e. The molecule has 0 aliphatic heterocycles. The summed E-state index contributed by atoms with van der Waals surface area (Å²) in [5, 5.41) is 0. The predicted molar refractivity (Wildman–Crippen MR) is 69.2 cm³/mol. The van der Waals surface area contributed by atoms with E-state index in [9.17, 15) is 9.59 Å². The van der Waals surface area contributed by atoms with Crippen LogP contribution in [-0.4, -0.2) is 18.4 Å². The van der Waals surface area contributed by atoms with Crippen molar-refractivity contribution in [1.29, 1.82) is 0 Å². The van der Waals surface area contributed by atoms with Crippen molar-refractivity contribution in [3.8, 4) is 0 Å². The smallest absolute Gasteiger partial charge is 0.338 e. The van der Waals surface area contributed by atoms with Crippen LogP contribution in [0.3, 0.4) is 0 Å². The number of ketones is 1. The van der Waals surface area contributed by atoms with Crippen molar-refractivity contribution in [2.24, 2.45) is 0 Å². The summed E-state index contributed by atoms with van der Waals surface area (Å²) in [4.78, 5) is 22.5. The van der Waals surface area contributed by atoms with Gasteiger partial charge in [-0.1, -0.05) is 22.0 Å². The fourth-order valence-electron chi connectivity index (χ4n) is 1.40. The first-order valence-corrected chi connectivity index (χ1v) is 6.10. The summed E-state index contributed by atoms with van der Waals surface area (Å²) in [6.07, 6.45) is 0. The molecule has 0 amide bonds. The Balaban J connectivity index is 3.21. The summed E-state index contributed by atoms with van der Waals surface area (Å²) in [7, 11) is 0. The van der Waals surface area contributed by atoms with Crippen LogP contribution in [0, 0.1) is 0 Å². The van der Waals surface area contributed by atoms with Crippen LogP contribution in [0.2, 0.25) is 0 Å². The maximum Gasteiger partial charge on any atom is 0.338 e. The van der Waals surface area contributed by atoms with E-state index in [0.29, 0.717) is 16.8 Å². The number of hydrogen-bond acceptors (Lipinski definition) is 4. The molecular weight excluding hydrogens is 286 g/mol. The van der Waals surface area contributed by atoms with Crippen molar-refractivity contribution in [1.82, 2.24) is 0 Å². The molecule has 1 unspecified atom stereocenters. The highest BCUT2D eigenvalue weighted by molar-refractivity contribution is 9.09. The fraction of sp³-hybridized carbons (Fsp3) is 0.333. The van der Waals surface area contributed by atoms with Gasteiger partial charge in [0.15, 0.2) is 0 Å². The number of nitrogens with two attached hydrogens (primary N) is 1. The molecule has 4 nitrogen and oxygen atoms in total. The van der Waals surface area contributed by atoms with Crippen LogP contribution in [0.4, 0.5) is 5.69 Å². The van der Waals surface area contributed by atoms with E-state index in [4.69, 9.17) is 10.5 Å². The molecule has 1 aromatic carbocycles. The molecule has 0 aliphatic rings. The lowest BCUT2D eigenvalue weighted by molar-refractivity contribution is -0.116. The van der Waals surface area contributed by atoms with Gasteiger partial charge in [0.05, 0.1) is 17.0 Å². The average molecular weight is 300 g/mol. The summed E-state index contributed by atoms with van der Waals surface area (Å²) >= 11 is 3.25. The number of carbonyl (C=O) groups is 2. The van der Waals surface area contributed by atoms with Gasteiger partial charge in [0, 0.05) is 5.69 Å². The minimum absolute atomic E-state index is 0.0830. The molecule has 0 aliphatic carbocycles. The largest absolute Gasteiger partial charge is 0.462 e. The van der Waals surface area contributed by atoms with Gasteiger partial charge in [-0.2, -0.15) is 0 Å². The number of anilines is 1. The third-order valence-electron chi connectivity index (χ3n) is 2.20. The van der Waals surface area contributed by atoms with Crippen molar-refractivity contribution < 1.29 is 14.3 Å². The Kier molecular flexibility index (Phi) is 4.69. The van der Waals surface area contributed by atoms with Gasteiger partial charge in [0.25, 0.3) is 0 Å². The maximum absolute atomic E-state index is 11.7.